The van der Waals surface area contributed by atoms with Gasteiger partial charge in [0.15, 0.2) is 0 Å². The first-order valence-corrected chi connectivity index (χ1v) is 8.91. The molecule has 0 amide bonds. The number of aromatic nitrogens is 3. The zero-order chi connectivity index (χ0) is 16.1. The highest BCUT2D eigenvalue weighted by atomic mass is 32.2. The van der Waals surface area contributed by atoms with Crippen molar-refractivity contribution in [2.24, 2.45) is 0 Å². The fourth-order valence-corrected chi connectivity index (χ4v) is 3.58. The van der Waals surface area contributed by atoms with Gasteiger partial charge in [0.05, 0.1) is 11.3 Å². The molecule has 1 aliphatic rings. The molecule has 118 valence electrons. The van der Waals surface area contributed by atoms with Crippen LogP contribution in [0, 0.1) is 0 Å². The Bertz CT molecular complexity index is 902. The Morgan fingerprint density at radius 1 is 1.36 bits per heavy atom. The minimum absolute atomic E-state index is 0.181. The van der Waals surface area contributed by atoms with Crippen LogP contribution in [-0.4, -0.2) is 40.3 Å². The second kappa shape index (κ2) is 4.85. The molecule has 0 saturated heterocycles. The monoisotopic (exact) mass is 323 g/mol. The van der Waals surface area contributed by atoms with Gasteiger partial charge in [-0.1, -0.05) is 0 Å². The van der Waals surface area contributed by atoms with Crippen LogP contribution >= 0.6 is 0 Å². The van der Waals surface area contributed by atoms with E-state index in [0.29, 0.717) is 23.9 Å². The summed E-state index contributed by atoms with van der Waals surface area (Å²) in [7, 11) is -3.62. The quantitative estimate of drug-likeness (QED) is 0.788. The summed E-state index contributed by atoms with van der Waals surface area (Å²) in [5.74, 6) is -0.288. The van der Waals surface area contributed by atoms with E-state index in [1.165, 1.54) is 6.07 Å². The number of pyridine rings is 1. The Hall–Kier alpha value is -1.80. The van der Waals surface area contributed by atoms with Crippen molar-refractivity contribution in [1.82, 2.24) is 15.0 Å². The molecule has 8 heteroatoms. The van der Waals surface area contributed by atoms with Gasteiger partial charge in [-0.2, -0.15) is 0 Å². The minimum Gasteiger partial charge on any atom is -0.389 e. The van der Waals surface area contributed by atoms with Gasteiger partial charge < -0.3 is 10.1 Å². The lowest BCUT2D eigenvalue weighted by Gasteiger charge is -2.26. The van der Waals surface area contributed by atoms with Crippen molar-refractivity contribution in [3.8, 4) is 0 Å². The van der Waals surface area contributed by atoms with Gasteiger partial charge in [0.25, 0.3) is 0 Å². The fraction of sp³-hybridized carbons (Fsp3) is 0.500. The minimum atomic E-state index is -3.62. The van der Waals surface area contributed by atoms with Crippen LogP contribution in [0.15, 0.2) is 22.1 Å². The predicted molar refractivity (Wildman–Crippen MR) is 80.5 cm³/mol. The van der Waals surface area contributed by atoms with Crippen LogP contribution in [0.1, 0.15) is 37.8 Å². The summed E-state index contributed by atoms with van der Waals surface area (Å²) in [6, 6.07) is 2.92. The van der Waals surface area contributed by atoms with Crippen molar-refractivity contribution >= 4 is 20.9 Å². The molecule has 1 saturated carbocycles. The number of fused-ring (bicyclic) bond motifs is 1. The SMILES string of the molecule is C[C@@]1(O)CCC[C@@H]1c1nc(S(C)(=O)=O)nc2[nH]c(=O)ccc12. The van der Waals surface area contributed by atoms with Gasteiger partial charge in [0.2, 0.25) is 20.6 Å². The number of aliphatic hydroxyl groups is 1. The molecule has 0 radical (unpaired) electrons. The number of nitrogens with zero attached hydrogens (tertiary/aromatic N) is 2. The summed E-state index contributed by atoms with van der Waals surface area (Å²) in [6.45, 7) is 1.73. The molecule has 2 atom stereocenters. The van der Waals surface area contributed by atoms with Crippen LogP contribution in [0.4, 0.5) is 0 Å². The van der Waals surface area contributed by atoms with E-state index >= 15 is 0 Å². The maximum Gasteiger partial charge on any atom is 0.249 e. The number of hydrogen-bond acceptors (Lipinski definition) is 6. The zero-order valence-corrected chi connectivity index (χ0v) is 13.1. The Kier molecular flexibility index (Phi) is 3.33. The van der Waals surface area contributed by atoms with E-state index in [2.05, 4.69) is 15.0 Å². The molecular formula is C14H17N3O4S. The number of rotatable bonds is 2. The van der Waals surface area contributed by atoms with Crippen LogP contribution in [0.25, 0.3) is 11.0 Å². The molecule has 0 aromatic carbocycles. The standard InChI is InChI=1S/C14H17N3O4S/c1-14(19)7-3-4-9(14)11-8-5-6-10(18)15-12(8)17-13(16-11)22(2,20)21/h5-6,9,19H,3-4,7H2,1-2H3,(H,15,16,17,18)/t9-,14-/m1/s1. The van der Waals surface area contributed by atoms with Crippen molar-refractivity contribution in [3.63, 3.8) is 0 Å². The van der Waals surface area contributed by atoms with Crippen LogP contribution in [0.3, 0.4) is 0 Å². The van der Waals surface area contributed by atoms with Crippen LogP contribution in [0.2, 0.25) is 0 Å². The lowest BCUT2D eigenvalue weighted by molar-refractivity contribution is 0.0487. The molecule has 22 heavy (non-hydrogen) atoms. The van der Waals surface area contributed by atoms with E-state index in [4.69, 9.17) is 0 Å². The van der Waals surface area contributed by atoms with Crippen LogP contribution < -0.4 is 5.56 Å². The number of nitrogens with one attached hydrogen (secondary N) is 1. The van der Waals surface area contributed by atoms with Crippen molar-refractivity contribution in [2.45, 2.75) is 42.9 Å². The topological polar surface area (TPSA) is 113 Å². The molecule has 7 nitrogen and oxygen atoms in total. The second-order valence-electron chi connectivity index (χ2n) is 6.05. The first-order chi connectivity index (χ1) is 10.2. The molecule has 2 heterocycles. The lowest BCUT2D eigenvalue weighted by Crippen LogP contribution is -2.28. The van der Waals surface area contributed by atoms with Crippen LogP contribution in [-0.2, 0) is 9.84 Å². The third kappa shape index (κ3) is 2.52. The Balaban J connectivity index is 2.34. The number of aromatic amines is 1. The van der Waals surface area contributed by atoms with Gasteiger partial charge >= 0.3 is 0 Å². The normalized spacial score (nSPS) is 25.7. The average Bonchev–Trinajstić information content (AvgIpc) is 2.75. The second-order valence-corrected chi connectivity index (χ2v) is 7.96. The molecular weight excluding hydrogens is 306 g/mol. The predicted octanol–water partition coefficient (Wildman–Crippen LogP) is 0.740. The summed E-state index contributed by atoms with van der Waals surface area (Å²) >= 11 is 0. The highest BCUT2D eigenvalue weighted by Crippen LogP contribution is 2.43. The Morgan fingerprint density at radius 3 is 2.68 bits per heavy atom. The summed E-state index contributed by atoms with van der Waals surface area (Å²) in [4.78, 5) is 22.2. The molecule has 0 unspecified atom stereocenters. The number of H-pyrrole nitrogens is 1. The lowest BCUT2D eigenvalue weighted by atomic mass is 9.88. The molecule has 3 rings (SSSR count). The van der Waals surface area contributed by atoms with Gasteiger partial charge in [-0.05, 0) is 32.3 Å². The third-order valence-electron chi connectivity index (χ3n) is 4.19. The van der Waals surface area contributed by atoms with Gasteiger partial charge in [-0.3, -0.25) is 4.79 Å². The Morgan fingerprint density at radius 2 is 2.09 bits per heavy atom. The van der Waals surface area contributed by atoms with Crippen molar-refractivity contribution in [1.29, 1.82) is 0 Å². The molecule has 0 bridgehead atoms. The average molecular weight is 323 g/mol. The molecule has 0 aliphatic heterocycles. The maximum atomic E-state index is 11.8. The summed E-state index contributed by atoms with van der Waals surface area (Å²) < 4.78 is 23.6. The van der Waals surface area contributed by atoms with E-state index < -0.39 is 15.4 Å². The molecule has 2 aromatic heterocycles. The smallest absolute Gasteiger partial charge is 0.249 e. The third-order valence-corrected chi connectivity index (χ3v) is 5.03. The first kappa shape index (κ1) is 15.1. The molecule has 1 fully saturated rings. The van der Waals surface area contributed by atoms with Crippen molar-refractivity contribution < 1.29 is 13.5 Å². The van der Waals surface area contributed by atoms with E-state index in [9.17, 15) is 18.3 Å². The highest BCUT2D eigenvalue weighted by Gasteiger charge is 2.40. The largest absolute Gasteiger partial charge is 0.389 e. The first-order valence-electron chi connectivity index (χ1n) is 7.02. The van der Waals surface area contributed by atoms with E-state index in [-0.39, 0.29) is 22.3 Å². The maximum absolute atomic E-state index is 11.8. The highest BCUT2D eigenvalue weighted by molar-refractivity contribution is 7.90. The van der Waals surface area contributed by atoms with E-state index in [1.54, 1.807) is 13.0 Å². The molecule has 0 spiro atoms. The fourth-order valence-electron chi connectivity index (χ4n) is 3.05. The molecule has 2 aromatic rings. The van der Waals surface area contributed by atoms with Gasteiger partial charge in [-0.15, -0.1) is 0 Å². The molecule has 2 N–H and O–H groups in total. The van der Waals surface area contributed by atoms with Gasteiger partial charge in [0, 0.05) is 23.6 Å². The summed E-state index contributed by atoms with van der Waals surface area (Å²) in [5.41, 5.74) is -0.661. The van der Waals surface area contributed by atoms with Gasteiger partial charge in [0.1, 0.15) is 5.65 Å². The summed E-state index contributed by atoms with van der Waals surface area (Å²) in [6.07, 6.45) is 3.19. The van der Waals surface area contributed by atoms with Crippen molar-refractivity contribution in [3.05, 3.63) is 28.2 Å². The van der Waals surface area contributed by atoms with Crippen molar-refractivity contribution in [2.75, 3.05) is 6.26 Å². The van der Waals surface area contributed by atoms with E-state index in [1.807, 2.05) is 0 Å². The van der Waals surface area contributed by atoms with E-state index in [0.717, 1.165) is 12.7 Å². The molecule has 1 aliphatic carbocycles. The number of hydrogen-bond donors (Lipinski definition) is 2. The van der Waals surface area contributed by atoms with Crippen LogP contribution in [0.5, 0.6) is 0 Å². The summed E-state index contributed by atoms with van der Waals surface area (Å²) in [5, 5.41) is 10.8. The Labute approximate surface area is 127 Å². The van der Waals surface area contributed by atoms with Gasteiger partial charge in [-0.25, -0.2) is 18.4 Å². The zero-order valence-electron chi connectivity index (χ0n) is 12.3. The number of sulfone groups is 1.